The largest absolute Gasteiger partial charge is 0.480 e. The fourth-order valence-electron chi connectivity index (χ4n) is 1.81. The summed E-state index contributed by atoms with van der Waals surface area (Å²) in [6, 6.07) is 5.98. The zero-order chi connectivity index (χ0) is 16.2. The van der Waals surface area contributed by atoms with Gasteiger partial charge in [-0.25, -0.2) is 0 Å². The Balaban J connectivity index is 2.96. The average molecular weight is 292 g/mol. The monoisotopic (exact) mass is 292 g/mol. The van der Waals surface area contributed by atoms with Crippen molar-refractivity contribution in [3.63, 3.8) is 0 Å². The van der Waals surface area contributed by atoms with Gasteiger partial charge in [0.25, 0.3) is 11.8 Å². The van der Waals surface area contributed by atoms with E-state index < -0.39 is 5.97 Å². The first-order valence-electron chi connectivity index (χ1n) is 6.58. The smallest absolute Gasteiger partial charge is 0.323 e. The number of benzene rings is 1. The van der Waals surface area contributed by atoms with E-state index in [1.54, 1.807) is 40.1 Å². The molecule has 0 saturated carbocycles. The van der Waals surface area contributed by atoms with E-state index in [4.69, 9.17) is 5.11 Å². The summed E-state index contributed by atoms with van der Waals surface area (Å²) in [6.45, 7) is 3.16. The Kier molecular flexibility index (Phi) is 5.46. The lowest BCUT2D eigenvalue weighted by Crippen LogP contribution is -2.40. The molecule has 0 aromatic heterocycles. The van der Waals surface area contributed by atoms with Gasteiger partial charge in [-0.2, -0.15) is 0 Å². The predicted octanol–water partition coefficient (Wildman–Crippen LogP) is 1.32. The van der Waals surface area contributed by atoms with Gasteiger partial charge in [-0.15, -0.1) is 0 Å². The number of rotatable bonds is 5. The summed E-state index contributed by atoms with van der Waals surface area (Å²) in [6.07, 6.45) is 0. The van der Waals surface area contributed by atoms with Crippen LogP contribution in [-0.2, 0) is 4.79 Å². The molecule has 1 aromatic carbocycles. The van der Waals surface area contributed by atoms with Crippen LogP contribution in [0.15, 0.2) is 24.3 Å². The van der Waals surface area contributed by atoms with E-state index in [0.717, 1.165) is 0 Å². The second-order valence-electron chi connectivity index (χ2n) is 5.20. The maximum atomic E-state index is 12.3. The van der Waals surface area contributed by atoms with Crippen LogP contribution in [0.1, 0.15) is 34.6 Å². The fourth-order valence-corrected chi connectivity index (χ4v) is 1.81. The molecule has 114 valence electrons. The molecule has 0 radical (unpaired) electrons. The normalized spacial score (nSPS) is 10.3. The highest BCUT2D eigenvalue weighted by Gasteiger charge is 2.21. The third-order valence-electron chi connectivity index (χ3n) is 2.97. The molecule has 6 nitrogen and oxygen atoms in total. The quantitative estimate of drug-likeness (QED) is 0.888. The van der Waals surface area contributed by atoms with Gasteiger partial charge in [-0.1, -0.05) is 0 Å². The van der Waals surface area contributed by atoms with Crippen LogP contribution in [-0.4, -0.2) is 59.4 Å². The number of carbonyl (C=O) groups excluding carboxylic acids is 2. The summed E-state index contributed by atoms with van der Waals surface area (Å²) in [5, 5.41) is 8.86. The summed E-state index contributed by atoms with van der Waals surface area (Å²) in [5.74, 6) is -1.58. The lowest BCUT2D eigenvalue weighted by Gasteiger charge is -2.25. The molecule has 0 unspecified atom stereocenters. The zero-order valence-electron chi connectivity index (χ0n) is 12.7. The molecular formula is C15H20N2O4. The van der Waals surface area contributed by atoms with Crippen molar-refractivity contribution in [2.45, 2.75) is 19.9 Å². The fraction of sp³-hybridized carbons (Fsp3) is 0.400. The topological polar surface area (TPSA) is 77.9 Å². The van der Waals surface area contributed by atoms with E-state index in [1.807, 2.05) is 0 Å². The van der Waals surface area contributed by atoms with Crippen LogP contribution in [0.4, 0.5) is 0 Å². The molecule has 21 heavy (non-hydrogen) atoms. The molecular weight excluding hydrogens is 272 g/mol. The SMILES string of the molecule is CC(C)N(CC(=O)O)C(=O)c1ccc(C(=O)N(C)C)cc1. The minimum atomic E-state index is -1.06. The second-order valence-corrected chi connectivity index (χ2v) is 5.20. The number of carboxylic acids is 1. The summed E-state index contributed by atoms with van der Waals surface area (Å²) in [5.41, 5.74) is 0.839. The molecule has 0 aliphatic carbocycles. The summed E-state index contributed by atoms with van der Waals surface area (Å²) < 4.78 is 0. The first kappa shape index (κ1) is 16.7. The number of hydrogen-bond acceptors (Lipinski definition) is 3. The highest BCUT2D eigenvalue weighted by atomic mass is 16.4. The summed E-state index contributed by atoms with van der Waals surface area (Å²) in [7, 11) is 3.30. The first-order chi connectivity index (χ1) is 9.73. The molecule has 0 saturated heterocycles. The lowest BCUT2D eigenvalue weighted by molar-refractivity contribution is -0.138. The summed E-state index contributed by atoms with van der Waals surface area (Å²) >= 11 is 0. The van der Waals surface area contributed by atoms with Crippen molar-refractivity contribution >= 4 is 17.8 Å². The van der Waals surface area contributed by atoms with Crippen LogP contribution < -0.4 is 0 Å². The first-order valence-corrected chi connectivity index (χ1v) is 6.58. The van der Waals surface area contributed by atoms with E-state index in [2.05, 4.69) is 0 Å². The predicted molar refractivity (Wildman–Crippen MR) is 78.3 cm³/mol. The highest BCUT2D eigenvalue weighted by molar-refractivity contribution is 5.98. The molecule has 1 N–H and O–H groups in total. The summed E-state index contributed by atoms with van der Waals surface area (Å²) in [4.78, 5) is 37.6. The van der Waals surface area contributed by atoms with Crippen LogP contribution in [0.3, 0.4) is 0 Å². The minimum Gasteiger partial charge on any atom is -0.480 e. The Hall–Kier alpha value is -2.37. The Morgan fingerprint density at radius 3 is 1.76 bits per heavy atom. The zero-order valence-corrected chi connectivity index (χ0v) is 12.7. The molecule has 0 fully saturated rings. The third kappa shape index (κ3) is 4.30. The van der Waals surface area contributed by atoms with Crippen molar-refractivity contribution in [3.8, 4) is 0 Å². The number of aliphatic carboxylic acids is 1. The van der Waals surface area contributed by atoms with E-state index in [-0.39, 0.29) is 24.4 Å². The van der Waals surface area contributed by atoms with Gasteiger partial charge in [-0.3, -0.25) is 14.4 Å². The Bertz CT molecular complexity index is 535. The van der Waals surface area contributed by atoms with Crippen molar-refractivity contribution in [1.29, 1.82) is 0 Å². The van der Waals surface area contributed by atoms with Crippen LogP contribution >= 0.6 is 0 Å². The van der Waals surface area contributed by atoms with Gasteiger partial charge >= 0.3 is 5.97 Å². The molecule has 0 heterocycles. The van der Waals surface area contributed by atoms with Gasteiger partial charge in [0.15, 0.2) is 0 Å². The number of nitrogens with zero attached hydrogens (tertiary/aromatic N) is 2. The van der Waals surface area contributed by atoms with E-state index in [1.165, 1.54) is 21.9 Å². The van der Waals surface area contributed by atoms with E-state index >= 15 is 0 Å². The Labute approximate surface area is 124 Å². The van der Waals surface area contributed by atoms with Crippen molar-refractivity contribution in [3.05, 3.63) is 35.4 Å². The highest BCUT2D eigenvalue weighted by Crippen LogP contribution is 2.11. The molecule has 0 spiro atoms. The Morgan fingerprint density at radius 2 is 1.43 bits per heavy atom. The van der Waals surface area contributed by atoms with Gasteiger partial charge < -0.3 is 14.9 Å². The van der Waals surface area contributed by atoms with Gasteiger partial charge in [0.05, 0.1) is 0 Å². The van der Waals surface area contributed by atoms with Crippen molar-refractivity contribution < 1.29 is 19.5 Å². The van der Waals surface area contributed by atoms with Gasteiger partial charge in [0.1, 0.15) is 6.54 Å². The van der Waals surface area contributed by atoms with Crippen LogP contribution in [0, 0.1) is 0 Å². The third-order valence-corrected chi connectivity index (χ3v) is 2.97. The molecule has 2 amide bonds. The number of amides is 2. The molecule has 6 heteroatoms. The van der Waals surface area contributed by atoms with Gasteiger partial charge in [0, 0.05) is 31.3 Å². The maximum absolute atomic E-state index is 12.3. The van der Waals surface area contributed by atoms with E-state index in [0.29, 0.717) is 11.1 Å². The number of carboxylic acid groups (broad SMARTS) is 1. The van der Waals surface area contributed by atoms with Crippen LogP contribution in [0.2, 0.25) is 0 Å². The van der Waals surface area contributed by atoms with Crippen LogP contribution in [0.25, 0.3) is 0 Å². The van der Waals surface area contributed by atoms with Crippen molar-refractivity contribution in [2.24, 2.45) is 0 Å². The van der Waals surface area contributed by atoms with Gasteiger partial charge in [0.2, 0.25) is 0 Å². The average Bonchev–Trinajstić information content (AvgIpc) is 2.42. The molecule has 0 aliphatic rings. The maximum Gasteiger partial charge on any atom is 0.323 e. The molecule has 0 bridgehead atoms. The minimum absolute atomic E-state index is 0.153. The standard InChI is InChI=1S/C15H20N2O4/c1-10(2)17(9-13(18)19)15(21)12-7-5-11(6-8-12)14(20)16(3)4/h5-8,10H,9H2,1-4H3,(H,18,19). The van der Waals surface area contributed by atoms with E-state index in [9.17, 15) is 14.4 Å². The van der Waals surface area contributed by atoms with Gasteiger partial charge in [-0.05, 0) is 38.1 Å². The molecule has 1 aromatic rings. The molecule has 1 rings (SSSR count). The Morgan fingerprint density at radius 1 is 1.00 bits per heavy atom. The number of carbonyl (C=O) groups is 3. The molecule has 0 atom stereocenters. The van der Waals surface area contributed by atoms with Crippen molar-refractivity contribution in [1.82, 2.24) is 9.80 Å². The van der Waals surface area contributed by atoms with Crippen molar-refractivity contribution in [2.75, 3.05) is 20.6 Å². The lowest BCUT2D eigenvalue weighted by atomic mass is 10.1. The number of hydrogen-bond donors (Lipinski definition) is 1. The molecule has 0 aliphatic heterocycles. The van der Waals surface area contributed by atoms with Crippen LogP contribution in [0.5, 0.6) is 0 Å². The second kappa shape index (κ2) is 6.88.